The summed E-state index contributed by atoms with van der Waals surface area (Å²) in [5, 5.41) is -0.881. The summed E-state index contributed by atoms with van der Waals surface area (Å²) in [6.45, 7) is 3.34. The monoisotopic (exact) mass is 332 g/mol. The van der Waals surface area contributed by atoms with Crippen LogP contribution >= 0.6 is 0 Å². The third-order valence-corrected chi connectivity index (χ3v) is 5.80. The van der Waals surface area contributed by atoms with Crippen LogP contribution in [-0.2, 0) is 14.6 Å². The number of ketones is 1. The van der Waals surface area contributed by atoms with Gasteiger partial charge in [0, 0.05) is 6.42 Å². The maximum Gasteiger partial charge on any atom is 0.185 e. The summed E-state index contributed by atoms with van der Waals surface area (Å²) in [4.78, 5) is 11.8. The van der Waals surface area contributed by atoms with Gasteiger partial charge in [-0.05, 0) is 43.7 Å². The highest BCUT2D eigenvalue weighted by Gasteiger charge is 2.30. The van der Waals surface area contributed by atoms with Crippen molar-refractivity contribution in [1.82, 2.24) is 0 Å². The molecule has 23 heavy (non-hydrogen) atoms. The van der Waals surface area contributed by atoms with Crippen LogP contribution < -0.4 is 4.74 Å². The van der Waals surface area contributed by atoms with E-state index < -0.39 is 15.1 Å². The summed E-state index contributed by atoms with van der Waals surface area (Å²) in [5.74, 6) is 0.426. The minimum atomic E-state index is -3.66. The Morgan fingerprint density at radius 3 is 2.09 bits per heavy atom. The molecule has 5 heteroatoms. The molecule has 4 nitrogen and oxygen atoms in total. The first-order valence-electron chi connectivity index (χ1n) is 7.28. The van der Waals surface area contributed by atoms with Crippen molar-refractivity contribution in [2.75, 3.05) is 7.11 Å². The van der Waals surface area contributed by atoms with Gasteiger partial charge >= 0.3 is 0 Å². The molecule has 0 saturated carbocycles. The topological polar surface area (TPSA) is 60.4 Å². The third-order valence-electron chi connectivity index (χ3n) is 3.68. The second kappa shape index (κ2) is 6.96. The Balaban J connectivity index is 2.47. The van der Waals surface area contributed by atoms with Crippen LogP contribution in [0.1, 0.15) is 29.7 Å². The van der Waals surface area contributed by atoms with Crippen LogP contribution in [0.25, 0.3) is 0 Å². The van der Waals surface area contributed by atoms with Crippen molar-refractivity contribution in [2.45, 2.75) is 30.4 Å². The Morgan fingerprint density at radius 1 is 1.04 bits per heavy atom. The lowest BCUT2D eigenvalue weighted by Crippen LogP contribution is -2.16. The molecule has 2 rings (SSSR count). The minimum Gasteiger partial charge on any atom is -0.497 e. The number of rotatable bonds is 6. The summed E-state index contributed by atoms with van der Waals surface area (Å²) in [6.07, 6.45) is -0.0442. The van der Waals surface area contributed by atoms with Crippen LogP contribution in [0.3, 0.4) is 0 Å². The maximum absolute atomic E-state index is 13.0. The van der Waals surface area contributed by atoms with Gasteiger partial charge < -0.3 is 4.74 Å². The number of carbonyl (C=O) groups excluding carboxylic acids is 1. The van der Waals surface area contributed by atoms with Gasteiger partial charge in [-0.1, -0.05) is 29.8 Å². The Bertz CT molecular complexity index is 775. The number of ether oxygens (including phenoxy) is 1. The molecule has 0 saturated heterocycles. The van der Waals surface area contributed by atoms with E-state index in [0.717, 1.165) is 5.56 Å². The molecule has 0 radical (unpaired) electrons. The van der Waals surface area contributed by atoms with Crippen molar-refractivity contribution in [3.8, 4) is 5.75 Å². The Labute approximate surface area is 137 Å². The molecule has 0 aliphatic rings. The molecule has 0 fully saturated rings. The van der Waals surface area contributed by atoms with Gasteiger partial charge in [0.15, 0.2) is 9.84 Å². The van der Waals surface area contributed by atoms with E-state index in [4.69, 9.17) is 4.74 Å². The molecule has 2 aromatic carbocycles. The van der Waals surface area contributed by atoms with Gasteiger partial charge in [0.25, 0.3) is 0 Å². The SMILES string of the molecule is COc1ccc(S(=O)(=O)C(CC(C)=O)c2ccc(C)cc2)cc1. The van der Waals surface area contributed by atoms with Gasteiger partial charge in [-0.15, -0.1) is 0 Å². The standard InChI is InChI=1S/C18H20O4S/c1-13-4-6-15(7-5-13)18(12-14(2)19)23(20,21)17-10-8-16(22-3)9-11-17/h4-11,18H,12H2,1-3H3. The zero-order chi connectivity index (χ0) is 17.0. The number of carbonyl (C=O) groups is 1. The predicted octanol–water partition coefficient (Wildman–Crippen LogP) is 3.50. The van der Waals surface area contributed by atoms with Crippen LogP contribution in [0.15, 0.2) is 53.4 Å². The molecule has 0 N–H and O–H groups in total. The summed E-state index contributed by atoms with van der Waals surface area (Å²) < 4.78 is 31.0. The van der Waals surface area contributed by atoms with Crippen LogP contribution in [0, 0.1) is 6.92 Å². The van der Waals surface area contributed by atoms with E-state index >= 15 is 0 Å². The largest absolute Gasteiger partial charge is 0.497 e. The first-order chi connectivity index (χ1) is 10.8. The zero-order valence-electron chi connectivity index (χ0n) is 13.4. The summed E-state index contributed by atoms with van der Waals surface area (Å²) in [7, 11) is -2.14. The third kappa shape index (κ3) is 3.99. The van der Waals surface area contributed by atoms with Gasteiger partial charge in [0.05, 0.1) is 17.3 Å². The van der Waals surface area contributed by atoms with Gasteiger partial charge in [0.2, 0.25) is 0 Å². The van der Waals surface area contributed by atoms with Crippen molar-refractivity contribution in [3.63, 3.8) is 0 Å². The molecule has 0 heterocycles. The molecule has 0 amide bonds. The molecule has 0 aliphatic heterocycles. The molecule has 2 aromatic rings. The lowest BCUT2D eigenvalue weighted by atomic mass is 10.1. The number of methoxy groups -OCH3 is 1. The highest BCUT2D eigenvalue weighted by molar-refractivity contribution is 7.91. The fourth-order valence-electron chi connectivity index (χ4n) is 2.38. The molecule has 0 aliphatic carbocycles. The quantitative estimate of drug-likeness (QED) is 0.812. The number of Topliss-reactive ketones (excluding diaryl/α,β-unsaturated/α-hetero) is 1. The van der Waals surface area contributed by atoms with E-state index in [0.29, 0.717) is 11.3 Å². The molecular weight excluding hydrogens is 312 g/mol. The highest BCUT2D eigenvalue weighted by atomic mass is 32.2. The first-order valence-corrected chi connectivity index (χ1v) is 8.83. The van der Waals surface area contributed by atoms with Crippen molar-refractivity contribution >= 4 is 15.6 Å². The smallest absolute Gasteiger partial charge is 0.185 e. The van der Waals surface area contributed by atoms with E-state index in [1.165, 1.54) is 26.2 Å². The Morgan fingerprint density at radius 2 is 1.61 bits per heavy atom. The Kier molecular flexibility index (Phi) is 5.21. The highest BCUT2D eigenvalue weighted by Crippen LogP contribution is 2.33. The van der Waals surface area contributed by atoms with Crippen molar-refractivity contribution in [2.24, 2.45) is 0 Å². The normalized spacial score (nSPS) is 12.7. The van der Waals surface area contributed by atoms with Crippen LogP contribution in [0.2, 0.25) is 0 Å². The molecule has 1 atom stereocenters. The second-order valence-electron chi connectivity index (χ2n) is 5.53. The van der Waals surface area contributed by atoms with E-state index in [-0.39, 0.29) is 17.1 Å². The van der Waals surface area contributed by atoms with Crippen LogP contribution in [-0.4, -0.2) is 21.3 Å². The van der Waals surface area contributed by atoms with Gasteiger partial charge in [-0.2, -0.15) is 0 Å². The molecular formula is C18H20O4S. The zero-order valence-corrected chi connectivity index (χ0v) is 14.3. The fourth-order valence-corrected chi connectivity index (χ4v) is 4.19. The number of hydrogen-bond donors (Lipinski definition) is 0. The number of aryl methyl sites for hydroxylation is 1. The summed E-state index contributed by atoms with van der Waals surface area (Å²) in [5.41, 5.74) is 1.67. The average molecular weight is 332 g/mol. The predicted molar refractivity (Wildman–Crippen MR) is 89.4 cm³/mol. The Hall–Kier alpha value is -2.14. The average Bonchev–Trinajstić information content (AvgIpc) is 2.53. The van der Waals surface area contributed by atoms with Gasteiger partial charge in [0.1, 0.15) is 11.5 Å². The van der Waals surface area contributed by atoms with Crippen molar-refractivity contribution in [3.05, 3.63) is 59.7 Å². The van der Waals surface area contributed by atoms with Crippen LogP contribution in [0.4, 0.5) is 0 Å². The molecule has 0 aromatic heterocycles. The van der Waals surface area contributed by atoms with Crippen molar-refractivity contribution in [1.29, 1.82) is 0 Å². The number of hydrogen-bond acceptors (Lipinski definition) is 4. The van der Waals surface area contributed by atoms with Gasteiger partial charge in [-0.25, -0.2) is 8.42 Å². The van der Waals surface area contributed by atoms with Gasteiger partial charge in [-0.3, -0.25) is 4.79 Å². The molecule has 1 unspecified atom stereocenters. The summed E-state index contributed by atoms with van der Waals surface area (Å²) >= 11 is 0. The molecule has 0 spiro atoms. The minimum absolute atomic E-state index is 0.0442. The van der Waals surface area contributed by atoms with E-state index in [1.807, 2.05) is 19.1 Å². The number of benzene rings is 2. The lowest BCUT2D eigenvalue weighted by molar-refractivity contribution is -0.117. The maximum atomic E-state index is 13.0. The fraction of sp³-hybridized carbons (Fsp3) is 0.278. The van der Waals surface area contributed by atoms with E-state index in [1.54, 1.807) is 24.3 Å². The van der Waals surface area contributed by atoms with Crippen LogP contribution in [0.5, 0.6) is 5.75 Å². The van der Waals surface area contributed by atoms with E-state index in [2.05, 4.69) is 0 Å². The lowest BCUT2D eigenvalue weighted by Gasteiger charge is -2.17. The molecule has 122 valence electrons. The molecule has 0 bridgehead atoms. The second-order valence-corrected chi connectivity index (χ2v) is 7.66. The van der Waals surface area contributed by atoms with E-state index in [9.17, 15) is 13.2 Å². The van der Waals surface area contributed by atoms with Crippen molar-refractivity contribution < 1.29 is 17.9 Å². The first kappa shape index (κ1) is 17.2. The number of sulfone groups is 1. The summed E-state index contributed by atoms with van der Waals surface area (Å²) in [6, 6.07) is 13.5.